The highest BCUT2D eigenvalue weighted by Gasteiger charge is 2.11. The molecular weight excluding hydrogens is 229 g/mol. The molecular formula is C13H9F3O. The van der Waals surface area contributed by atoms with Crippen LogP contribution in [-0.4, -0.2) is 7.11 Å². The molecule has 2 aromatic carbocycles. The molecule has 4 heteroatoms. The molecule has 17 heavy (non-hydrogen) atoms. The largest absolute Gasteiger partial charge is 0.497 e. The molecule has 1 nitrogen and oxygen atoms in total. The molecule has 88 valence electrons. The van der Waals surface area contributed by atoms with E-state index < -0.39 is 17.5 Å². The monoisotopic (exact) mass is 238 g/mol. The molecule has 2 rings (SSSR count). The van der Waals surface area contributed by atoms with E-state index in [1.807, 2.05) is 0 Å². The van der Waals surface area contributed by atoms with Crippen LogP contribution < -0.4 is 4.74 Å². The molecule has 0 aliphatic carbocycles. The van der Waals surface area contributed by atoms with Gasteiger partial charge in [-0.05, 0) is 23.8 Å². The van der Waals surface area contributed by atoms with E-state index in [2.05, 4.69) is 0 Å². The summed E-state index contributed by atoms with van der Waals surface area (Å²) >= 11 is 0. The zero-order valence-corrected chi connectivity index (χ0v) is 9.01. The Kier molecular flexibility index (Phi) is 3.04. The van der Waals surface area contributed by atoms with E-state index in [-0.39, 0.29) is 16.9 Å². The van der Waals surface area contributed by atoms with Gasteiger partial charge in [0.05, 0.1) is 7.11 Å². The second-order valence-corrected chi connectivity index (χ2v) is 3.48. The molecule has 0 fully saturated rings. The molecule has 0 saturated carbocycles. The van der Waals surface area contributed by atoms with Crippen LogP contribution in [0.3, 0.4) is 0 Å². The fourth-order valence-electron chi connectivity index (χ4n) is 1.56. The molecule has 0 saturated heterocycles. The normalized spacial score (nSPS) is 10.4. The molecule has 0 aliphatic rings. The maximum absolute atomic E-state index is 13.5. The number of rotatable bonds is 2. The number of benzene rings is 2. The van der Waals surface area contributed by atoms with Crippen LogP contribution in [-0.2, 0) is 0 Å². The lowest BCUT2D eigenvalue weighted by Crippen LogP contribution is -1.91. The summed E-state index contributed by atoms with van der Waals surface area (Å²) in [6.45, 7) is 0. The highest BCUT2D eigenvalue weighted by atomic mass is 19.2. The Morgan fingerprint density at radius 3 is 2.47 bits per heavy atom. The fraction of sp³-hybridized carbons (Fsp3) is 0.0769. The maximum atomic E-state index is 13.5. The van der Waals surface area contributed by atoms with Crippen LogP contribution in [0.4, 0.5) is 13.2 Å². The molecule has 0 spiro atoms. The van der Waals surface area contributed by atoms with Crippen molar-refractivity contribution in [2.24, 2.45) is 0 Å². The summed E-state index contributed by atoms with van der Waals surface area (Å²) in [6, 6.07) is 7.50. The Labute approximate surface area is 96.5 Å². The number of methoxy groups -OCH3 is 1. The summed E-state index contributed by atoms with van der Waals surface area (Å²) < 4.78 is 44.7. The SMILES string of the molecule is COc1cc(F)cc(-c2cccc(F)c2F)c1. The van der Waals surface area contributed by atoms with Crippen LogP contribution in [0.2, 0.25) is 0 Å². The second-order valence-electron chi connectivity index (χ2n) is 3.48. The number of ether oxygens (including phenoxy) is 1. The summed E-state index contributed by atoms with van der Waals surface area (Å²) in [5.74, 6) is -2.28. The first-order chi connectivity index (χ1) is 8.11. The van der Waals surface area contributed by atoms with E-state index in [0.717, 1.165) is 12.1 Å². The van der Waals surface area contributed by atoms with Gasteiger partial charge in [-0.25, -0.2) is 13.2 Å². The van der Waals surface area contributed by atoms with E-state index in [0.29, 0.717) is 0 Å². The zero-order chi connectivity index (χ0) is 12.4. The lowest BCUT2D eigenvalue weighted by Gasteiger charge is -2.07. The van der Waals surface area contributed by atoms with Crippen molar-refractivity contribution < 1.29 is 17.9 Å². The molecule has 0 aliphatic heterocycles. The molecule has 0 radical (unpaired) electrons. The number of halogens is 3. The highest BCUT2D eigenvalue weighted by molar-refractivity contribution is 5.66. The van der Waals surface area contributed by atoms with Crippen LogP contribution in [0.15, 0.2) is 36.4 Å². The van der Waals surface area contributed by atoms with Crippen molar-refractivity contribution in [3.05, 3.63) is 53.8 Å². The predicted molar refractivity (Wildman–Crippen MR) is 58.3 cm³/mol. The van der Waals surface area contributed by atoms with Crippen molar-refractivity contribution in [2.75, 3.05) is 7.11 Å². The first-order valence-corrected chi connectivity index (χ1v) is 4.91. The van der Waals surface area contributed by atoms with Gasteiger partial charge in [0.1, 0.15) is 11.6 Å². The third kappa shape index (κ3) is 2.25. The van der Waals surface area contributed by atoms with E-state index in [9.17, 15) is 13.2 Å². The summed E-state index contributed by atoms with van der Waals surface area (Å²) in [7, 11) is 1.38. The quantitative estimate of drug-likeness (QED) is 0.773. The summed E-state index contributed by atoms with van der Waals surface area (Å²) in [6.07, 6.45) is 0. The zero-order valence-electron chi connectivity index (χ0n) is 9.01. The van der Waals surface area contributed by atoms with Gasteiger partial charge in [0, 0.05) is 11.6 Å². The first-order valence-electron chi connectivity index (χ1n) is 4.91. The second kappa shape index (κ2) is 4.49. The topological polar surface area (TPSA) is 9.23 Å². The fourth-order valence-corrected chi connectivity index (χ4v) is 1.56. The van der Waals surface area contributed by atoms with E-state index in [1.54, 1.807) is 0 Å². The molecule has 0 amide bonds. The first kappa shape index (κ1) is 11.5. The van der Waals surface area contributed by atoms with Crippen molar-refractivity contribution in [1.82, 2.24) is 0 Å². The van der Waals surface area contributed by atoms with Gasteiger partial charge in [-0.15, -0.1) is 0 Å². The Hall–Kier alpha value is -1.97. The van der Waals surface area contributed by atoms with Crippen molar-refractivity contribution in [3.63, 3.8) is 0 Å². The van der Waals surface area contributed by atoms with Crippen molar-refractivity contribution in [3.8, 4) is 16.9 Å². The molecule has 0 N–H and O–H groups in total. The lowest BCUT2D eigenvalue weighted by molar-refractivity contribution is 0.411. The Bertz CT molecular complexity index is 552. The minimum absolute atomic E-state index is 0.00259. The summed E-state index contributed by atoms with van der Waals surface area (Å²) in [5, 5.41) is 0. The standard InChI is InChI=1S/C13H9F3O/c1-17-10-6-8(5-9(14)7-10)11-3-2-4-12(15)13(11)16/h2-7H,1H3. The van der Waals surface area contributed by atoms with Crippen LogP contribution in [0.5, 0.6) is 5.75 Å². The average Bonchev–Trinajstić information content (AvgIpc) is 2.31. The maximum Gasteiger partial charge on any atom is 0.166 e. The van der Waals surface area contributed by atoms with Gasteiger partial charge in [0.2, 0.25) is 0 Å². The smallest absolute Gasteiger partial charge is 0.166 e. The van der Waals surface area contributed by atoms with Gasteiger partial charge in [-0.3, -0.25) is 0 Å². The van der Waals surface area contributed by atoms with Crippen molar-refractivity contribution in [2.45, 2.75) is 0 Å². The third-order valence-corrected chi connectivity index (χ3v) is 2.37. The molecule has 0 atom stereocenters. The van der Waals surface area contributed by atoms with Crippen molar-refractivity contribution >= 4 is 0 Å². The lowest BCUT2D eigenvalue weighted by atomic mass is 10.0. The van der Waals surface area contributed by atoms with Crippen LogP contribution >= 0.6 is 0 Å². The molecule has 2 aromatic rings. The Balaban J connectivity index is 2.60. The Morgan fingerprint density at radius 1 is 1.00 bits per heavy atom. The number of hydrogen-bond donors (Lipinski definition) is 0. The van der Waals surface area contributed by atoms with E-state index in [1.165, 1.54) is 31.4 Å². The Morgan fingerprint density at radius 2 is 1.76 bits per heavy atom. The van der Waals surface area contributed by atoms with Gasteiger partial charge < -0.3 is 4.74 Å². The molecule has 0 unspecified atom stereocenters. The van der Waals surface area contributed by atoms with Gasteiger partial charge in [-0.2, -0.15) is 0 Å². The predicted octanol–water partition coefficient (Wildman–Crippen LogP) is 3.78. The van der Waals surface area contributed by atoms with Gasteiger partial charge in [-0.1, -0.05) is 12.1 Å². The minimum Gasteiger partial charge on any atom is -0.497 e. The van der Waals surface area contributed by atoms with Crippen LogP contribution in [0, 0.1) is 17.5 Å². The molecule has 0 heterocycles. The van der Waals surface area contributed by atoms with E-state index in [4.69, 9.17) is 4.74 Å². The third-order valence-electron chi connectivity index (χ3n) is 2.37. The van der Waals surface area contributed by atoms with Gasteiger partial charge in [0.25, 0.3) is 0 Å². The average molecular weight is 238 g/mol. The van der Waals surface area contributed by atoms with Crippen molar-refractivity contribution in [1.29, 1.82) is 0 Å². The molecule has 0 bridgehead atoms. The number of hydrogen-bond acceptors (Lipinski definition) is 1. The van der Waals surface area contributed by atoms with Gasteiger partial charge in [0.15, 0.2) is 11.6 Å². The molecule has 0 aromatic heterocycles. The minimum atomic E-state index is -1.000. The summed E-state index contributed by atoms with van der Waals surface area (Å²) in [4.78, 5) is 0. The van der Waals surface area contributed by atoms with Gasteiger partial charge >= 0.3 is 0 Å². The van der Waals surface area contributed by atoms with Crippen LogP contribution in [0.1, 0.15) is 0 Å². The highest BCUT2D eigenvalue weighted by Crippen LogP contribution is 2.28. The summed E-state index contributed by atoms with van der Waals surface area (Å²) in [5.41, 5.74) is 0.238. The van der Waals surface area contributed by atoms with E-state index >= 15 is 0 Å². The van der Waals surface area contributed by atoms with Crippen LogP contribution in [0.25, 0.3) is 11.1 Å².